The molecule has 0 spiro atoms. The van der Waals surface area contributed by atoms with Crippen molar-refractivity contribution in [3.8, 4) is 23.3 Å². The van der Waals surface area contributed by atoms with Crippen molar-refractivity contribution in [1.29, 1.82) is 0 Å². The Labute approximate surface area is 106 Å². The number of carbonyl (C=O) groups is 1. The van der Waals surface area contributed by atoms with E-state index in [-0.39, 0.29) is 12.0 Å². The van der Waals surface area contributed by atoms with E-state index < -0.39 is 23.8 Å². The number of aromatic hydroxyl groups is 1. The minimum atomic E-state index is -4.83. The molecule has 1 aromatic carbocycles. The van der Waals surface area contributed by atoms with Gasteiger partial charge in [0.25, 0.3) is 0 Å². The lowest BCUT2D eigenvalue weighted by Gasteiger charge is -2.09. The zero-order valence-corrected chi connectivity index (χ0v) is 9.75. The summed E-state index contributed by atoms with van der Waals surface area (Å²) >= 11 is 0. The van der Waals surface area contributed by atoms with E-state index in [1.54, 1.807) is 0 Å². The summed E-state index contributed by atoms with van der Waals surface area (Å²) in [5, 5.41) is 9.44. The van der Waals surface area contributed by atoms with Gasteiger partial charge in [0.15, 0.2) is 0 Å². The van der Waals surface area contributed by atoms with Crippen molar-refractivity contribution in [2.45, 2.75) is 12.8 Å². The van der Waals surface area contributed by atoms with Crippen LogP contribution in [0.4, 0.5) is 13.2 Å². The fraction of sp³-hybridized carbons (Fsp3) is 0.250. The highest BCUT2D eigenvalue weighted by atomic mass is 19.4. The highest BCUT2D eigenvalue weighted by molar-refractivity contribution is 5.72. The van der Waals surface area contributed by atoms with Crippen molar-refractivity contribution in [3.05, 3.63) is 23.8 Å². The van der Waals surface area contributed by atoms with E-state index in [1.807, 2.05) is 0 Å². The summed E-state index contributed by atoms with van der Waals surface area (Å²) in [5.74, 6) is 3.27. The molecule has 7 heteroatoms. The van der Waals surface area contributed by atoms with Gasteiger partial charge in [-0.25, -0.2) is 0 Å². The molecule has 0 bridgehead atoms. The second kappa shape index (κ2) is 6.00. The second-order valence-corrected chi connectivity index (χ2v) is 3.28. The van der Waals surface area contributed by atoms with Crippen LogP contribution in [0.25, 0.3) is 0 Å². The molecule has 102 valence electrons. The van der Waals surface area contributed by atoms with Gasteiger partial charge in [0, 0.05) is 6.07 Å². The highest BCUT2D eigenvalue weighted by Gasteiger charge is 2.31. The summed E-state index contributed by atoms with van der Waals surface area (Å²) in [5.41, 5.74) is 0.0819. The van der Waals surface area contributed by atoms with Gasteiger partial charge in [-0.05, 0) is 12.1 Å². The zero-order valence-electron chi connectivity index (χ0n) is 9.75. The van der Waals surface area contributed by atoms with Crippen molar-refractivity contribution >= 4 is 5.97 Å². The quantitative estimate of drug-likeness (QED) is 0.663. The molecule has 0 saturated heterocycles. The lowest BCUT2D eigenvalue weighted by atomic mass is 10.2. The number of carbonyl (C=O) groups excluding carboxylic acids is 1. The number of hydrogen-bond acceptors (Lipinski definition) is 4. The molecule has 0 saturated carbocycles. The molecule has 0 atom stereocenters. The number of alkyl halides is 3. The summed E-state index contributed by atoms with van der Waals surface area (Å²) in [6.45, 7) is 0. The maximum atomic E-state index is 11.9. The normalized spacial score (nSPS) is 10.3. The molecule has 0 aliphatic carbocycles. The molecule has 0 heterocycles. The van der Waals surface area contributed by atoms with Crippen LogP contribution in [0, 0.1) is 11.8 Å². The third-order valence-electron chi connectivity index (χ3n) is 1.89. The SMILES string of the molecule is COC(=O)CC#Cc1ccc(OC(F)(F)F)cc1O. The monoisotopic (exact) mass is 274 g/mol. The van der Waals surface area contributed by atoms with Gasteiger partial charge < -0.3 is 14.6 Å². The van der Waals surface area contributed by atoms with Crippen molar-refractivity contribution in [1.82, 2.24) is 0 Å². The molecular formula is C12H9F3O4. The number of phenols is 1. The van der Waals surface area contributed by atoms with Gasteiger partial charge in [-0.15, -0.1) is 13.2 Å². The molecule has 0 aromatic heterocycles. The van der Waals surface area contributed by atoms with Gasteiger partial charge >= 0.3 is 12.3 Å². The van der Waals surface area contributed by atoms with Gasteiger partial charge in [0.05, 0.1) is 12.7 Å². The number of rotatable bonds is 2. The Morgan fingerprint density at radius 2 is 2.11 bits per heavy atom. The maximum absolute atomic E-state index is 11.9. The smallest absolute Gasteiger partial charge is 0.507 e. The third-order valence-corrected chi connectivity index (χ3v) is 1.89. The summed E-state index contributed by atoms with van der Waals surface area (Å²) in [4.78, 5) is 10.8. The second-order valence-electron chi connectivity index (χ2n) is 3.28. The van der Waals surface area contributed by atoms with Crippen LogP contribution in [0.5, 0.6) is 11.5 Å². The first-order chi connectivity index (χ1) is 8.81. The molecule has 0 aliphatic heterocycles. The van der Waals surface area contributed by atoms with Crippen molar-refractivity contribution < 1.29 is 32.5 Å². The standard InChI is InChI=1S/C12H9F3O4/c1-18-11(17)4-2-3-8-5-6-9(7-10(8)16)19-12(13,14)15/h5-7,16H,4H2,1H3. The Hall–Kier alpha value is -2.36. The largest absolute Gasteiger partial charge is 0.573 e. The molecule has 0 fully saturated rings. The summed E-state index contributed by atoms with van der Waals surface area (Å²) in [6, 6.07) is 2.95. The van der Waals surface area contributed by atoms with Crippen molar-refractivity contribution in [2.75, 3.05) is 7.11 Å². The van der Waals surface area contributed by atoms with Gasteiger partial charge in [-0.3, -0.25) is 4.79 Å². The molecule has 4 nitrogen and oxygen atoms in total. The minimum Gasteiger partial charge on any atom is -0.507 e. The number of methoxy groups -OCH3 is 1. The Balaban J connectivity index is 2.80. The van der Waals surface area contributed by atoms with E-state index in [4.69, 9.17) is 0 Å². The summed E-state index contributed by atoms with van der Waals surface area (Å²) in [6.07, 6.45) is -5.01. The predicted molar refractivity (Wildman–Crippen MR) is 58.3 cm³/mol. The van der Waals surface area contributed by atoms with E-state index in [0.29, 0.717) is 0 Å². The van der Waals surface area contributed by atoms with Crippen LogP contribution in [-0.2, 0) is 9.53 Å². The first-order valence-corrected chi connectivity index (χ1v) is 4.96. The van der Waals surface area contributed by atoms with E-state index in [1.165, 1.54) is 7.11 Å². The topological polar surface area (TPSA) is 55.8 Å². The fourth-order valence-electron chi connectivity index (χ4n) is 1.10. The molecule has 1 N–H and O–H groups in total. The summed E-state index contributed by atoms with van der Waals surface area (Å²) in [7, 11) is 1.20. The van der Waals surface area contributed by atoms with Crippen molar-refractivity contribution in [3.63, 3.8) is 0 Å². The first-order valence-electron chi connectivity index (χ1n) is 4.96. The average molecular weight is 274 g/mol. The number of hydrogen-bond donors (Lipinski definition) is 1. The van der Waals surface area contributed by atoms with Crippen LogP contribution in [0.3, 0.4) is 0 Å². The minimum absolute atomic E-state index is 0.0819. The molecule has 19 heavy (non-hydrogen) atoms. The van der Waals surface area contributed by atoms with Crippen LogP contribution >= 0.6 is 0 Å². The number of phenolic OH excluding ortho intramolecular Hbond substituents is 1. The molecular weight excluding hydrogens is 265 g/mol. The Morgan fingerprint density at radius 3 is 2.63 bits per heavy atom. The lowest BCUT2D eigenvalue weighted by molar-refractivity contribution is -0.274. The number of ether oxygens (including phenoxy) is 2. The van der Waals surface area contributed by atoms with Gasteiger partial charge in [0.2, 0.25) is 0 Å². The first kappa shape index (κ1) is 14.7. The molecule has 1 aromatic rings. The van der Waals surface area contributed by atoms with Crippen LogP contribution < -0.4 is 4.74 Å². The van der Waals surface area contributed by atoms with E-state index in [2.05, 4.69) is 21.3 Å². The molecule has 0 aliphatic rings. The average Bonchev–Trinajstić information content (AvgIpc) is 2.29. The Kier molecular flexibility index (Phi) is 4.64. The zero-order chi connectivity index (χ0) is 14.5. The number of esters is 1. The summed E-state index contributed by atoms with van der Waals surface area (Å²) < 4.78 is 43.7. The van der Waals surface area contributed by atoms with Gasteiger partial charge in [0.1, 0.15) is 17.9 Å². The van der Waals surface area contributed by atoms with Crippen LogP contribution in [0.2, 0.25) is 0 Å². The highest BCUT2D eigenvalue weighted by Crippen LogP contribution is 2.27. The Bertz CT molecular complexity index is 526. The van der Waals surface area contributed by atoms with Crippen molar-refractivity contribution in [2.24, 2.45) is 0 Å². The van der Waals surface area contributed by atoms with E-state index >= 15 is 0 Å². The fourth-order valence-corrected chi connectivity index (χ4v) is 1.10. The van der Waals surface area contributed by atoms with Crippen LogP contribution in [-0.4, -0.2) is 24.5 Å². The molecule has 0 radical (unpaired) electrons. The third kappa shape index (κ3) is 5.21. The molecule has 0 amide bonds. The number of halogens is 3. The van der Waals surface area contributed by atoms with Crippen LogP contribution in [0.15, 0.2) is 18.2 Å². The Morgan fingerprint density at radius 1 is 1.42 bits per heavy atom. The number of benzene rings is 1. The van der Waals surface area contributed by atoms with E-state index in [9.17, 15) is 23.1 Å². The molecule has 1 rings (SSSR count). The maximum Gasteiger partial charge on any atom is 0.573 e. The lowest BCUT2D eigenvalue weighted by Crippen LogP contribution is -2.17. The van der Waals surface area contributed by atoms with Gasteiger partial charge in [-0.1, -0.05) is 11.8 Å². The van der Waals surface area contributed by atoms with Gasteiger partial charge in [-0.2, -0.15) is 0 Å². The molecule has 0 unspecified atom stereocenters. The van der Waals surface area contributed by atoms with E-state index in [0.717, 1.165) is 18.2 Å². The van der Waals surface area contributed by atoms with Crippen LogP contribution in [0.1, 0.15) is 12.0 Å². The predicted octanol–water partition coefficient (Wildman–Crippen LogP) is 2.21.